The lowest BCUT2D eigenvalue weighted by Crippen LogP contribution is -2.15. The van der Waals surface area contributed by atoms with Gasteiger partial charge in [0.25, 0.3) is 0 Å². The van der Waals surface area contributed by atoms with Gasteiger partial charge in [-0.3, -0.25) is 4.79 Å². The molecular formula is C11H12N4O3. The molecule has 1 N–H and O–H groups in total. The fraction of sp³-hybridized carbons (Fsp3) is 0.273. The van der Waals surface area contributed by atoms with Gasteiger partial charge in [-0.1, -0.05) is 11.2 Å². The minimum atomic E-state index is -0.455. The summed E-state index contributed by atoms with van der Waals surface area (Å²) in [5.74, 6) is -0.905. The number of carbonyl (C=O) groups is 2. The highest BCUT2D eigenvalue weighted by molar-refractivity contribution is 5.95. The fourth-order valence-electron chi connectivity index (χ4n) is 1.23. The van der Waals surface area contributed by atoms with Crippen LogP contribution in [0.1, 0.15) is 17.3 Å². The van der Waals surface area contributed by atoms with E-state index in [9.17, 15) is 9.59 Å². The normalized spacial score (nSPS) is 9.17. The van der Waals surface area contributed by atoms with Crippen molar-refractivity contribution in [3.05, 3.63) is 40.3 Å². The Bertz CT molecular complexity index is 495. The van der Waals surface area contributed by atoms with E-state index >= 15 is 0 Å². The van der Waals surface area contributed by atoms with E-state index in [1.165, 1.54) is 6.07 Å². The van der Waals surface area contributed by atoms with Gasteiger partial charge in [-0.05, 0) is 30.7 Å². The number of azide groups is 1. The highest BCUT2D eigenvalue weighted by Crippen LogP contribution is 2.11. The second-order valence-corrected chi connectivity index (χ2v) is 3.24. The van der Waals surface area contributed by atoms with E-state index in [2.05, 4.69) is 15.3 Å². The number of nitrogens with one attached hydrogen (secondary N) is 1. The van der Waals surface area contributed by atoms with Gasteiger partial charge in [-0.25, -0.2) is 4.79 Å². The second-order valence-electron chi connectivity index (χ2n) is 3.24. The van der Waals surface area contributed by atoms with Gasteiger partial charge in [0.15, 0.2) is 0 Å². The van der Waals surface area contributed by atoms with Crippen molar-refractivity contribution in [2.24, 2.45) is 5.11 Å². The number of nitrogens with zero attached hydrogens (tertiary/aromatic N) is 3. The van der Waals surface area contributed by atoms with Crippen LogP contribution in [0.2, 0.25) is 0 Å². The molecule has 0 aromatic heterocycles. The van der Waals surface area contributed by atoms with Crippen molar-refractivity contribution < 1.29 is 14.3 Å². The lowest BCUT2D eigenvalue weighted by atomic mass is 10.2. The molecule has 7 nitrogen and oxygen atoms in total. The van der Waals surface area contributed by atoms with Gasteiger partial charge in [-0.15, -0.1) is 0 Å². The van der Waals surface area contributed by atoms with Crippen LogP contribution in [-0.2, 0) is 9.53 Å². The highest BCUT2D eigenvalue weighted by Gasteiger charge is 2.07. The molecule has 0 aliphatic carbocycles. The zero-order valence-electron chi connectivity index (χ0n) is 9.79. The molecule has 0 radical (unpaired) electrons. The van der Waals surface area contributed by atoms with Gasteiger partial charge >= 0.3 is 5.97 Å². The van der Waals surface area contributed by atoms with Gasteiger partial charge in [0.1, 0.15) is 6.54 Å². The second kappa shape index (κ2) is 6.93. The van der Waals surface area contributed by atoms with E-state index in [4.69, 9.17) is 10.3 Å². The van der Waals surface area contributed by atoms with Gasteiger partial charge in [-0.2, -0.15) is 0 Å². The van der Waals surface area contributed by atoms with Crippen LogP contribution in [0.5, 0.6) is 0 Å². The molecule has 1 aromatic rings. The number of carbonyl (C=O) groups excluding carboxylic acids is 2. The summed E-state index contributed by atoms with van der Waals surface area (Å²) in [7, 11) is 0. The topological polar surface area (TPSA) is 104 Å². The molecule has 0 heterocycles. The Kier molecular flexibility index (Phi) is 5.21. The Labute approximate surface area is 103 Å². The van der Waals surface area contributed by atoms with Crippen LogP contribution < -0.4 is 5.32 Å². The summed E-state index contributed by atoms with van der Waals surface area (Å²) in [4.78, 5) is 25.2. The minimum Gasteiger partial charge on any atom is -0.462 e. The number of amides is 1. The Morgan fingerprint density at radius 2 is 2.28 bits per heavy atom. The summed E-state index contributed by atoms with van der Waals surface area (Å²) in [5.41, 5.74) is 8.86. The third-order valence-corrected chi connectivity index (χ3v) is 1.94. The monoisotopic (exact) mass is 248 g/mol. The first kappa shape index (κ1) is 13.5. The third kappa shape index (κ3) is 4.15. The first-order valence-corrected chi connectivity index (χ1v) is 5.25. The van der Waals surface area contributed by atoms with E-state index < -0.39 is 11.9 Å². The number of rotatable bonds is 5. The largest absolute Gasteiger partial charge is 0.462 e. The van der Waals surface area contributed by atoms with Crippen molar-refractivity contribution in [2.75, 3.05) is 18.5 Å². The average molecular weight is 248 g/mol. The lowest BCUT2D eigenvalue weighted by Gasteiger charge is -2.05. The quantitative estimate of drug-likeness (QED) is 0.373. The van der Waals surface area contributed by atoms with E-state index in [0.717, 1.165) is 0 Å². The van der Waals surface area contributed by atoms with E-state index in [1.54, 1.807) is 25.1 Å². The molecule has 0 atom stereocenters. The Hall–Kier alpha value is -2.53. The standard InChI is InChI=1S/C11H12N4O3/c1-2-18-11(17)8-4-3-5-9(6-8)14-10(16)7-13-15-12/h3-6H,2,7H2,1H3,(H,14,16). The molecule has 0 fully saturated rings. The predicted octanol–water partition coefficient (Wildman–Crippen LogP) is 2.11. The van der Waals surface area contributed by atoms with Gasteiger partial charge in [0.05, 0.1) is 12.2 Å². The summed E-state index contributed by atoms with van der Waals surface area (Å²) in [5, 5.41) is 5.63. The molecule has 0 unspecified atom stereocenters. The zero-order valence-corrected chi connectivity index (χ0v) is 9.79. The van der Waals surface area contributed by atoms with Crippen molar-refractivity contribution in [3.63, 3.8) is 0 Å². The number of esters is 1. The van der Waals surface area contributed by atoms with Crippen LogP contribution in [0.4, 0.5) is 5.69 Å². The first-order valence-electron chi connectivity index (χ1n) is 5.25. The predicted molar refractivity (Wildman–Crippen MR) is 65.0 cm³/mol. The number of hydrogen-bond donors (Lipinski definition) is 1. The van der Waals surface area contributed by atoms with Crippen LogP contribution in [0.25, 0.3) is 10.4 Å². The molecule has 7 heteroatoms. The molecule has 0 spiro atoms. The fourth-order valence-corrected chi connectivity index (χ4v) is 1.23. The van der Waals surface area contributed by atoms with E-state index in [0.29, 0.717) is 11.3 Å². The molecule has 0 saturated heterocycles. The van der Waals surface area contributed by atoms with Crippen LogP contribution in [0, 0.1) is 0 Å². The van der Waals surface area contributed by atoms with Crippen LogP contribution >= 0.6 is 0 Å². The summed E-state index contributed by atoms with van der Waals surface area (Å²) in [6.07, 6.45) is 0. The van der Waals surface area contributed by atoms with Gasteiger partial charge < -0.3 is 10.1 Å². The van der Waals surface area contributed by atoms with Gasteiger partial charge in [0, 0.05) is 10.6 Å². The number of ether oxygens (including phenoxy) is 1. The molecule has 18 heavy (non-hydrogen) atoms. The van der Waals surface area contributed by atoms with E-state index in [1.807, 2.05) is 0 Å². The maximum Gasteiger partial charge on any atom is 0.338 e. The van der Waals surface area contributed by atoms with Crippen LogP contribution in [0.3, 0.4) is 0 Å². The maximum absolute atomic E-state index is 11.5. The number of anilines is 1. The first-order chi connectivity index (χ1) is 8.67. The molecule has 1 aromatic carbocycles. The minimum absolute atomic E-state index is 0.284. The van der Waals surface area contributed by atoms with E-state index in [-0.39, 0.29) is 13.2 Å². The molecule has 0 bridgehead atoms. The summed E-state index contributed by atoms with van der Waals surface area (Å²) < 4.78 is 4.83. The zero-order chi connectivity index (χ0) is 13.4. The number of benzene rings is 1. The van der Waals surface area contributed by atoms with Crippen molar-refractivity contribution in [2.45, 2.75) is 6.92 Å². The van der Waals surface area contributed by atoms with Crippen molar-refractivity contribution >= 4 is 17.6 Å². The highest BCUT2D eigenvalue weighted by atomic mass is 16.5. The summed E-state index contributed by atoms with van der Waals surface area (Å²) in [6, 6.07) is 6.32. The SMILES string of the molecule is CCOC(=O)c1cccc(NC(=O)CN=[N+]=[N-])c1. The molecule has 0 aliphatic heterocycles. The molecular weight excluding hydrogens is 236 g/mol. The molecule has 0 saturated carbocycles. The smallest absolute Gasteiger partial charge is 0.338 e. The number of hydrogen-bond acceptors (Lipinski definition) is 4. The molecule has 1 amide bonds. The summed E-state index contributed by atoms with van der Waals surface area (Å²) in [6.45, 7) is 1.70. The lowest BCUT2D eigenvalue weighted by molar-refractivity contribution is -0.114. The van der Waals surface area contributed by atoms with Crippen molar-refractivity contribution in [3.8, 4) is 0 Å². The molecule has 0 aliphatic rings. The third-order valence-electron chi connectivity index (χ3n) is 1.94. The average Bonchev–Trinajstić information content (AvgIpc) is 2.37. The molecule has 1 rings (SSSR count). The Balaban J connectivity index is 2.73. The molecule has 94 valence electrons. The van der Waals surface area contributed by atoms with Crippen molar-refractivity contribution in [1.29, 1.82) is 0 Å². The maximum atomic E-state index is 11.5. The van der Waals surface area contributed by atoms with Crippen molar-refractivity contribution in [1.82, 2.24) is 0 Å². The summed E-state index contributed by atoms with van der Waals surface area (Å²) >= 11 is 0. The Morgan fingerprint density at radius 3 is 2.94 bits per heavy atom. The van der Waals surface area contributed by atoms with Crippen LogP contribution in [-0.4, -0.2) is 25.0 Å². The Morgan fingerprint density at radius 1 is 1.50 bits per heavy atom. The van der Waals surface area contributed by atoms with Gasteiger partial charge in [0.2, 0.25) is 5.91 Å². The van der Waals surface area contributed by atoms with Crippen LogP contribution in [0.15, 0.2) is 29.4 Å².